The van der Waals surface area contributed by atoms with Crippen LogP contribution >= 0.6 is 0 Å². The molecule has 2 aromatic rings. The van der Waals surface area contributed by atoms with Crippen LogP contribution in [0.3, 0.4) is 0 Å². The lowest BCUT2D eigenvalue weighted by atomic mass is 9.99. The average molecular weight is 273 g/mol. The maximum atomic E-state index is 12.1. The number of hydrogen-bond acceptors (Lipinski definition) is 3. The van der Waals surface area contributed by atoms with Crippen LogP contribution in [0.25, 0.3) is 0 Å². The first-order chi connectivity index (χ1) is 9.63. The zero-order valence-electron chi connectivity index (χ0n) is 11.8. The summed E-state index contributed by atoms with van der Waals surface area (Å²) in [5.41, 5.74) is 0.889. The Morgan fingerprint density at radius 2 is 2.40 bits per heavy atom. The van der Waals surface area contributed by atoms with E-state index in [1.165, 1.54) is 0 Å². The maximum Gasteiger partial charge on any atom is 0.287 e. The highest BCUT2D eigenvalue weighted by Crippen LogP contribution is 2.18. The highest BCUT2D eigenvalue weighted by atomic mass is 16.3. The Bertz CT molecular complexity index is 627. The van der Waals surface area contributed by atoms with Crippen molar-refractivity contribution in [3.63, 3.8) is 0 Å². The standard InChI is InChI=1S/C15H19N3O2/c1-10-7-11(2)20-14(10)15(19)17-8-12-3-4-13-16-5-6-18(13)9-12/h5-7,12H,3-4,8-9H2,1-2H3,(H,17,19)/t12-/m1/s1. The van der Waals surface area contributed by atoms with E-state index in [4.69, 9.17) is 4.42 Å². The Morgan fingerprint density at radius 3 is 3.15 bits per heavy atom. The Hall–Kier alpha value is -2.04. The molecule has 1 N–H and O–H groups in total. The minimum absolute atomic E-state index is 0.118. The lowest BCUT2D eigenvalue weighted by molar-refractivity contribution is 0.0913. The number of furan rings is 1. The van der Waals surface area contributed by atoms with Gasteiger partial charge in [-0.05, 0) is 32.3 Å². The fourth-order valence-corrected chi connectivity index (χ4v) is 2.79. The number of hydrogen-bond donors (Lipinski definition) is 1. The van der Waals surface area contributed by atoms with Gasteiger partial charge in [-0.3, -0.25) is 4.79 Å². The Balaban J connectivity index is 1.58. The normalized spacial score (nSPS) is 17.8. The third-order valence-corrected chi connectivity index (χ3v) is 3.83. The largest absolute Gasteiger partial charge is 0.456 e. The van der Waals surface area contributed by atoms with Crippen LogP contribution in [0.4, 0.5) is 0 Å². The number of carbonyl (C=O) groups is 1. The molecule has 1 aliphatic rings. The number of aromatic nitrogens is 2. The quantitative estimate of drug-likeness (QED) is 0.931. The van der Waals surface area contributed by atoms with Crippen molar-refractivity contribution in [2.75, 3.05) is 6.54 Å². The topological polar surface area (TPSA) is 60.1 Å². The van der Waals surface area contributed by atoms with E-state index in [0.717, 1.165) is 36.5 Å². The molecule has 3 heterocycles. The van der Waals surface area contributed by atoms with Crippen LogP contribution in [0.5, 0.6) is 0 Å². The molecule has 0 fully saturated rings. The zero-order chi connectivity index (χ0) is 14.1. The smallest absolute Gasteiger partial charge is 0.287 e. The summed E-state index contributed by atoms with van der Waals surface area (Å²) in [5.74, 6) is 2.68. The van der Waals surface area contributed by atoms with Gasteiger partial charge in [0.25, 0.3) is 5.91 Å². The van der Waals surface area contributed by atoms with Crippen molar-refractivity contribution >= 4 is 5.91 Å². The number of rotatable bonds is 3. The van der Waals surface area contributed by atoms with Crippen molar-refractivity contribution in [3.8, 4) is 0 Å². The van der Waals surface area contributed by atoms with Crippen LogP contribution < -0.4 is 5.32 Å². The zero-order valence-corrected chi connectivity index (χ0v) is 11.8. The molecule has 5 heteroatoms. The molecule has 0 aliphatic carbocycles. The second-order valence-corrected chi connectivity index (χ2v) is 5.48. The Kier molecular flexibility index (Phi) is 3.34. The van der Waals surface area contributed by atoms with Gasteiger partial charge >= 0.3 is 0 Å². The molecule has 106 valence electrons. The first-order valence-electron chi connectivity index (χ1n) is 6.98. The first-order valence-corrected chi connectivity index (χ1v) is 6.98. The van der Waals surface area contributed by atoms with Gasteiger partial charge in [-0.2, -0.15) is 0 Å². The molecule has 0 saturated heterocycles. The second kappa shape index (κ2) is 5.15. The molecule has 1 atom stereocenters. The van der Waals surface area contributed by atoms with Gasteiger partial charge in [0.1, 0.15) is 11.6 Å². The Labute approximate surface area is 118 Å². The van der Waals surface area contributed by atoms with Gasteiger partial charge in [0.15, 0.2) is 5.76 Å². The van der Waals surface area contributed by atoms with E-state index >= 15 is 0 Å². The number of fused-ring (bicyclic) bond motifs is 1. The van der Waals surface area contributed by atoms with Crippen molar-refractivity contribution in [1.29, 1.82) is 0 Å². The van der Waals surface area contributed by atoms with Crippen LogP contribution in [0, 0.1) is 19.8 Å². The summed E-state index contributed by atoms with van der Waals surface area (Å²) >= 11 is 0. The van der Waals surface area contributed by atoms with Crippen molar-refractivity contribution in [2.24, 2.45) is 5.92 Å². The molecule has 0 saturated carbocycles. The summed E-state index contributed by atoms with van der Waals surface area (Å²) in [6.45, 7) is 5.34. The lowest BCUT2D eigenvalue weighted by Gasteiger charge is -2.23. The molecular weight excluding hydrogens is 254 g/mol. The summed E-state index contributed by atoms with van der Waals surface area (Å²) in [4.78, 5) is 16.4. The van der Waals surface area contributed by atoms with E-state index < -0.39 is 0 Å². The van der Waals surface area contributed by atoms with Gasteiger partial charge in [0.2, 0.25) is 0 Å². The van der Waals surface area contributed by atoms with E-state index in [2.05, 4.69) is 14.9 Å². The van der Waals surface area contributed by atoms with Gasteiger partial charge in [0.05, 0.1) is 0 Å². The SMILES string of the molecule is Cc1cc(C)c(C(=O)NC[C@H]2CCc3nccn3C2)o1. The van der Waals surface area contributed by atoms with Gasteiger partial charge < -0.3 is 14.3 Å². The fourth-order valence-electron chi connectivity index (χ4n) is 2.79. The highest BCUT2D eigenvalue weighted by Gasteiger charge is 2.21. The molecular formula is C15H19N3O2. The van der Waals surface area contributed by atoms with Gasteiger partial charge in [-0.15, -0.1) is 0 Å². The van der Waals surface area contributed by atoms with E-state index in [-0.39, 0.29) is 5.91 Å². The second-order valence-electron chi connectivity index (χ2n) is 5.48. The molecule has 0 bridgehead atoms. The number of nitrogens with one attached hydrogen (secondary N) is 1. The van der Waals surface area contributed by atoms with E-state index in [1.807, 2.05) is 32.3 Å². The van der Waals surface area contributed by atoms with E-state index in [1.54, 1.807) is 0 Å². The molecule has 0 aromatic carbocycles. The number of amides is 1. The molecule has 5 nitrogen and oxygen atoms in total. The van der Waals surface area contributed by atoms with Gasteiger partial charge in [0, 0.05) is 37.5 Å². The number of aryl methyl sites for hydroxylation is 3. The van der Waals surface area contributed by atoms with Crippen molar-refractivity contribution in [3.05, 3.63) is 41.4 Å². The summed E-state index contributed by atoms with van der Waals surface area (Å²) in [6, 6.07) is 1.88. The molecule has 0 radical (unpaired) electrons. The fraction of sp³-hybridized carbons (Fsp3) is 0.467. The molecule has 2 aromatic heterocycles. The van der Waals surface area contributed by atoms with Crippen LogP contribution in [-0.2, 0) is 13.0 Å². The maximum absolute atomic E-state index is 12.1. The van der Waals surface area contributed by atoms with E-state index in [9.17, 15) is 4.79 Å². The molecule has 0 unspecified atom stereocenters. The van der Waals surface area contributed by atoms with E-state index in [0.29, 0.717) is 18.2 Å². The van der Waals surface area contributed by atoms with Crippen LogP contribution in [0.2, 0.25) is 0 Å². The average Bonchev–Trinajstić information content (AvgIpc) is 3.01. The lowest BCUT2D eigenvalue weighted by Crippen LogP contribution is -2.33. The predicted octanol–water partition coefficient (Wildman–Crippen LogP) is 2.09. The number of carbonyl (C=O) groups excluding carboxylic acids is 1. The monoisotopic (exact) mass is 273 g/mol. The number of imidazole rings is 1. The number of nitrogens with zero attached hydrogens (tertiary/aromatic N) is 2. The highest BCUT2D eigenvalue weighted by molar-refractivity contribution is 5.92. The third-order valence-electron chi connectivity index (χ3n) is 3.83. The molecule has 1 amide bonds. The molecule has 0 spiro atoms. The van der Waals surface area contributed by atoms with Crippen molar-refractivity contribution in [2.45, 2.75) is 33.2 Å². The van der Waals surface area contributed by atoms with Crippen LogP contribution in [0.15, 0.2) is 22.9 Å². The van der Waals surface area contributed by atoms with Crippen LogP contribution in [-0.4, -0.2) is 22.0 Å². The van der Waals surface area contributed by atoms with Crippen molar-refractivity contribution in [1.82, 2.24) is 14.9 Å². The minimum Gasteiger partial charge on any atom is -0.456 e. The van der Waals surface area contributed by atoms with Crippen LogP contribution in [0.1, 0.15) is 34.1 Å². The summed E-state index contributed by atoms with van der Waals surface area (Å²) < 4.78 is 7.60. The molecule has 3 rings (SSSR count). The summed E-state index contributed by atoms with van der Waals surface area (Å²) in [5, 5.41) is 2.98. The van der Waals surface area contributed by atoms with Gasteiger partial charge in [-0.25, -0.2) is 4.98 Å². The third kappa shape index (κ3) is 2.48. The predicted molar refractivity (Wildman–Crippen MR) is 74.6 cm³/mol. The first kappa shape index (κ1) is 13.0. The summed E-state index contributed by atoms with van der Waals surface area (Å²) in [7, 11) is 0. The minimum atomic E-state index is -0.118. The van der Waals surface area contributed by atoms with Gasteiger partial charge in [-0.1, -0.05) is 0 Å². The van der Waals surface area contributed by atoms with Crippen molar-refractivity contribution < 1.29 is 9.21 Å². The molecule has 20 heavy (non-hydrogen) atoms. The molecule has 1 aliphatic heterocycles. The summed E-state index contributed by atoms with van der Waals surface area (Å²) in [6.07, 6.45) is 5.88. The Morgan fingerprint density at radius 1 is 1.55 bits per heavy atom.